The fourth-order valence-corrected chi connectivity index (χ4v) is 4.73. The summed E-state index contributed by atoms with van der Waals surface area (Å²) < 4.78 is 23.3. The summed E-state index contributed by atoms with van der Waals surface area (Å²) in [7, 11) is -3.97. The maximum atomic E-state index is 12.6. The van der Waals surface area contributed by atoms with E-state index in [0.29, 0.717) is 26.1 Å². The van der Waals surface area contributed by atoms with Gasteiger partial charge in [-0.25, -0.2) is 0 Å². The maximum Gasteiger partial charge on any atom is 0.345 e. The van der Waals surface area contributed by atoms with Crippen molar-refractivity contribution in [2.45, 2.75) is 57.7 Å². The lowest BCUT2D eigenvalue weighted by molar-refractivity contribution is 0.0442. The Morgan fingerprint density at radius 2 is 2.18 bits per heavy atom. The van der Waals surface area contributed by atoms with Crippen LogP contribution in [0.1, 0.15) is 46.0 Å². The number of rotatable bonds is 9. The first-order valence-electron chi connectivity index (χ1n) is 8.05. The molecule has 6 heteroatoms. The zero-order valence-corrected chi connectivity index (χ0v) is 14.5. The maximum absolute atomic E-state index is 12.6. The fraction of sp³-hybridized carbons (Fsp3) is 0.812. The molecule has 0 bridgehead atoms. The van der Waals surface area contributed by atoms with Gasteiger partial charge < -0.3 is 14.2 Å². The first-order chi connectivity index (χ1) is 10.5. The van der Waals surface area contributed by atoms with Crippen LogP contribution < -0.4 is 0 Å². The van der Waals surface area contributed by atoms with Gasteiger partial charge in [0.15, 0.2) is 5.66 Å². The first-order valence-corrected chi connectivity index (χ1v) is 9.70. The van der Waals surface area contributed by atoms with Crippen molar-refractivity contribution in [1.29, 1.82) is 5.26 Å². The molecule has 0 aromatic rings. The highest BCUT2D eigenvalue weighted by molar-refractivity contribution is 7.54. The summed E-state index contributed by atoms with van der Waals surface area (Å²) in [5.74, 6) is 0.0612. The van der Waals surface area contributed by atoms with Crippen LogP contribution in [-0.2, 0) is 13.8 Å². The van der Waals surface area contributed by atoms with E-state index < -0.39 is 13.3 Å². The zero-order chi connectivity index (χ0) is 16.6. The third-order valence-corrected chi connectivity index (χ3v) is 6.23. The summed E-state index contributed by atoms with van der Waals surface area (Å²) in [4.78, 5) is 10.3. The standard InChI is InChI=1S/C16H28NO4P/c1-4-6-7-15(14-8-10-20-11-9-14)16(12-17)22(18,19)21-13(3)5-2/h4,13-16H,1,5-11H2,2-3H3,(H,18,19). The van der Waals surface area contributed by atoms with Gasteiger partial charge in [-0.2, -0.15) is 5.26 Å². The van der Waals surface area contributed by atoms with Crippen molar-refractivity contribution in [2.24, 2.45) is 11.8 Å². The van der Waals surface area contributed by atoms with Crippen LogP contribution in [0.2, 0.25) is 0 Å². The molecule has 0 aromatic heterocycles. The van der Waals surface area contributed by atoms with Crippen molar-refractivity contribution in [1.82, 2.24) is 0 Å². The molecule has 0 radical (unpaired) electrons. The van der Waals surface area contributed by atoms with Crippen LogP contribution in [0.4, 0.5) is 0 Å². The van der Waals surface area contributed by atoms with Crippen molar-refractivity contribution in [3.63, 3.8) is 0 Å². The molecule has 0 amide bonds. The average molecular weight is 329 g/mol. The summed E-state index contributed by atoms with van der Waals surface area (Å²) in [5.41, 5.74) is -0.982. The van der Waals surface area contributed by atoms with Crippen LogP contribution >= 0.6 is 7.60 Å². The van der Waals surface area contributed by atoms with E-state index in [0.717, 1.165) is 19.3 Å². The lowest BCUT2D eigenvalue weighted by Gasteiger charge is -2.34. The van der Waals surface area contributed by atoms with Crippen LogP contribution in [0, 0.1) is 23.2 Å². The number of hydrogen-bond acceptors (Lipinski definition) is 4. The van der Waals surface area contributed by atoms with Crippen LogP contribution in [0.5, 0.6) is 0 Å². The molecule has 1 heterocycles. The van der Waals surface area contributed by atoms with Gasteiger partial charge in [-0.05, 0) is 50.9 Å². The molecule has 1 fully saturated rings. The van der Waals surface area contributed by atoms with E-state index in [2.05, 4.69) is 12.6 Å². The normalized spacial score (nSPS) is 23.0. The Kier molecular flexibility index (Phi) is 8.35. The van der Waals surface area contributed by atoms with Crippen molar-refractivity contribution in [2.75, 3.05) is 13.2 Å². The molecule has 1 rings (SSSR count). The van der Waals surface area contributed by atoms with E-state index in [1.807, 2.05) is 6.92 Å². The molecule has 1 aliphatic heterocycles. The van der Waals surface area contributed by atoms with Crippen LogP contribution in [-0.4, -0.2) is 29.9 Å². The highest BCUT2D eigenvalue weighted by atomic mass is 31.2. The molecule has 0 saturated carbocycles. The predicted octanol–water partition coefficient (Wildman–Crippen LogP) is 3.89. The topological polar surface area (TPSA) is 79.5 Å². The summed E-state index contributed by atoms with van der Waals surface area (Å²) in [6.45, 7) is 8.66. The Labute approximate surface area is 133 Å². The highest BCUT2D eigenvalue weighted by Gasteiger charge is 2.43. The fourth-order valence-electron chi connectivity index (χ4n) is 2.91. The molecule has 5 nitrogen and oxygen atoms in total. The van der Waals surface area contributed by atoms with Gasteiger partial charge in [0.05, 0.1) is 12.2 Å². The van der Waals surface area contributed by atoms with Gasteiger partial charge in [-0.15, -0.1) is 6.58 Å². The SMILES string of the molecule is C=CCCC(C1CCOCC1)C(C#N)P(=O)(O)OC(C)CC. The average Bonchev–Trinajstić information content (AvgIpc) is 2.51. The molecule has 126 valence electrons. The lowest BCUT2D eigenvalue weighted by atomic mass is 9.81. The molecule has 22 heavy (non-hydrogen) atoms. The molecule has 0 spiro atoms. The van der Waals surface area contributed by atoms with E-state index in [9.17, 15) is 14.7 Å². The van der Waals surface area contributed by atoms with Crippen molar-refractivity contribution >= 4 is 7.60 Å². The molecule has 1 aliphatic rings. The summed E-state index contributed by atoms with van der Waals surface area (Å²) in [5, 5.41) is 9.53. The summed E-state index contributed by atoms with van der Waals surface area (Å²) in [6.07, 6.45) is 5.15. The number of nitrogens with zero attached hydrogens (tertiary/aromatic N) is 1. The first kappa shape index (κ1) is 19.4. The smallest absolute Gasteiger partial charge is 0.345 e. The third kappa shape index (κ3) is 5.52. The van der Waals surface area contributed by atoms with Crippen LogP contribution in [0.3, 0.4) is 0 Å². The van der Waals surface area contributed by atoms with Crippen molar-refractivity contribution < 1.29 is 18.7 Å². The van der Waals surface area contributed by atoms with E-state index in [1.165, 1.54) is 0 Å². The van der Waals surface area contributed by atoms with Gasteiger partial charge in [0.2, 0.25) is 0 Å². The second-order valence-corrected chi connectivity index (χ2v) is 7.84. The number of allylic oxidation sites excluding steroid dienone is 1. The van der Waals surface area contributed by atoms with Crippen molar-refractivity contribution in [3.05, 3.63) is 12.7 Å². The molecule has 4 unspecified atom stereocenters. The highest BCUT2D eigenvalue weighted by Crippen LogP contribution is 2.54. The van der Waals surface area contributed by atoms with Crippen LogP contribution in [0.15, 0.2) is 12.7 Å². The predicted molar refractivity (Wildman–Crippen MR) is 86.5 cm³/mol. The Hall–Kier alpha value is -0.660. The Morgan fingerprint density at radius 1 is 1.55 bits per heavy atom. The molecular formula is C16H28NO4P. The minimum atomic E-state index is -3.97. The summed E-state index contributed by atoms with van der Waals surface area (Å²) >= 11 is 0. The van der Waals surface area contributed by atoms with E-state index in [1.54, 1.807) is 13.0 Å². The second kappa shape index (κ2) is 9.47. The van der Waals surface area contributed by atoms with E-state index in [-0.39, 0.29) is 17.9 Å². The van der Waals surface area contributed by atoms with Gasteiger partial charge in [0, 0.05) is 13.2 Å². The quantitative estimate of drug-likeness (QED) is 0.513. The number of ether oxygens (including phenoxy) is 1. The third-order valence-electron chi connectivity index (χ3n) is 4.37. The Balaban J connectivity index is 2.93. The van der Waals surface area contributed by atoms with Gasteiger partial charge in [0.1, 0.15) is 0 Å². The van der Waals surface area contributed by atoms with E-state index >= 15 is 0 Å². The summed E-state index contributed by atoms with van der Waals surface area (Å²) in [6, 6.07) is 2.06. The largest absolute Gasteiger partial charge is 0.381 e. The van der Waals surface area contributed by atoms with Crippen LogP contribution in [0.25, 0.3) is 0 Å². The monoisotopic (exact) mass is 329 g/mol. The molecular weight excluding hydrogens is 301 g/mol. The minimum Gasteiger partial charge on any atom is -0.381 e. The van der Waals surface area contributed by atoms with E-state index in [4.69, 9.17) is 9.26 Å². The van der Waals surface area contributed by atoms with Gasteiger partial charge in [-0.3, -0.25) is 4.57 Å². The van der Waals surface area contributed by atoms with Gasteiger partial charge >= 0.3 is 7.60 Å². The number of nitriles is 1. The Bertz CT molecular complexity index is 428. The van der Waals surface area contributed by atoms with Gasteiger partial charge in [-0.1, -0.05) is 13.0 Å². The van der Waals surface area contributed by atoms with Crippen molar-refractivity contribution in [3.8, 4) is 6.07 Å². The number of hydrogen-bond donors (Lipinski definition) is 1. The van der Waals surface area contributed by atoms with Gasteiger partial charge in [0.25, 0.3) is 0 Å². The molecule has 0 aromatic carbocycles. The lowest BCUT2D eigenvalue weighted by Crippen LogP contribution is -2.32. The molecule has 4 atom stereocenters. The second-order valence-electron chi connectivity index (χ2n) is 5.94. The Morgan fingerprint density at radius 3 is 2.68 bits per heavy atom. The zero-order valence-electron chi connectivity index (χ0n) is 13.6. The molecule has 1 saturated heterocycles. The molecule has 1 N–H and O–H groups in total. The molecule has 0 aliphatic carbocycles. The minimum absolute atomic E-state index is 0.160.